The van der Waals surface area contributed by atoms with Gasteiger partial charge in [-0.1, -0.05) is 18.6 Å². The number of hydrogen-bond acceptors (Lipinski definition) is 2. The predicted molar refractivity (Wildman–Crippen MR) is 70.9 cm³/mol. The Kier molecular flexibility index (Phi) is 3.42. The first kappa shape index (κ1) is 13.1. The summed E-state index contributed by atoms with van der Waals surface area (Å²) in [6, 6.07) is 5.69. The molecule has 2 aliphatic rings. The van der Waals surface area contributed by atoms with Crippen molar-refractivity contribution in [3.8, 4) is 0 Å². The first-order chi connectivity index (χ1) is 9.65. The summed E-state index contributed by atoms with van der Waals surface area (Å²) in [5.41, 5.74) is 4.66. The zero-order valence-corrected chi connectivity index (χ0v) is 11.1. The molecular weight excluding hydrogens is 259 g/mol. The van der Waals surface area contributed by atoms with Crippen molar-refractivity contribution in [1.82, 2.24) is 10.9 Å². The number of hydrazine groups is 1. The van der Waals surface area contributed by atoms with Crippen molar-refractivity contribution in [3.63, 3.8) is 0 Å². The summed E-state index contributed by atoms with van der Waals surface area (Å²) in [6.45, 7) is 0. The molecule has 0 heterocycles. The summed E-state index contributed by atoms with van der Waals surface area (Å²) >= 11 is 0. The molecule has 2 bridgehead atoms. The van der Waals surface area contributed by atoms with E-state index in [9.17, 15) is 14.0 Å². The fourth-order valence-electron chi connectivity index (χ4n) is 3.49. The lowest BCUT2D eigenvalue weighted by atomic mass is 9.88. The smallest absolute Gasteiger partial charge is 0.272 e. The van der Waals surface area contributed by atoms with E-state index in [4.69, 9.17) is 0 Å². The Morgan fingerprint density at radius 3 is 2.55 bits per heavy atom. The molecule has 2 amide bonds. The summed E-state index contributed by atoms with van der Waals surface area (Å²) in [5, 5.41) is 0. The van der Waals surface area contributed by atoms with Gasteiger partial charge in [-0.2, -0.15) is 0 Å². The van der Waals surface area contributed by atoms with E-state index in [0.29, 0.717) is 11.8 Å². The monoisotopic (exact) mass is 276 g/mol. The van der Waals surface area contributed by atoms with Gasteiger partial charge in [0.05, 0.1) is 5.56 Å². The van der Waals surface area contributed by atoms with Gasteiger partial charge in [-0.3, -0.25) is 20.4 Å². The van der Waals surface area contributed by atoms with Crippen molar-refractivity contribution >= 4 is 11.8 Å². The Morgan fingerprint density at radius 1 is 1.10 bits per heavy atom. The summed E-state index contributed by atoms with van der Waals surface area (Å²) in [6.07, 6.45) is 4.35. The summed E-state index contributed by atoms with van der Waals surface area (Å²) in [4.78, 5) is 23.8. The van der Waals surface area contributed by atoms with Crippen LogP contribution in [-0.4, -0.2) is 11.8 Å². The number of benzene rings is 1. The van der Waals surface area contributed by atoms with Crippen LogP contribution in [0.15, 0.2) is 24.3 Å². The lowest BCUT2D eigenvalue weighted by Gasteiger charge is -2.20. The first-order valence-corrected chi connectivity index (χ1v) is 7.00. The Labute approximate surface area is 116 Å². The fraction of sp³-hybridized carbons (Fsp3) is 0.467. The fourth-order valence-corrected chi connectivity index (χ4v) is 3.49. The van der Waals surface area contributed by atoms with Crippen LogP contribution >= 0.6 is 0 Å². The van der Waals surface area contributed by atoms with E-state index < -0.39 is 11.7 Å². The third-order valence-electron chi connectivity index (χ3n) is 4.49. The maximum absolute atomic E-state index is 13.4. The van der Waals surface area contributed by atoms with Crippen LogP contribution in [0.4, 0.5) is 4.39 Å². The molecule has 1 aromatic rings. The second-order valence-corrected chi connectivity index (χ2v) is 5.70. The quantitative estimate of drug-likeness (QED) is 0.812. The Bertz CT molecular complexity index is 546. The second kappa shape index (κ2) is 5.23. The van der Waals surface area contributed by atoms with E-state index in [2.05, 4.69) is 10.9 Å². The van der Waals surface area contributed by atoms with Gasteiger partial charge in [0.15, 0.2) is 0 Å². The molecule has 2 saturated carbocycles. The van der Waals surface area contributed by atoms with Gasteiger partial charge in [0, 0.05) is 5.92 Å². The van der Waals surface area contributed by atoms with Crippen LogP contribution in [0.5, 0.6) is 0 Å². The molecule has 0 radical (unpaired) electrons. The number of carbonyl (C=O) groups is 2. The molecule has 4 nitrogen and oxygen atoms in total. The van der Waals surface area contributed by atoms with Crippen LogP contribution in [-0.2, 0) is 4.79 Å². The van der Waals surface area contributed by atoms with Crippen molar-refractivity contribution in [2.45, 2.75) is 25.7 Å². The molecule has 2 fully saturated rings. The number of amides is 2. The Morgan fingerprint density at radius 2 is 1.90 bits per heavy atom. The van der Waals surface area contributed by atoms with E-state index in [1.54, 1.807) is 6.07 Å². The number of fused-ring (bicyclic) bond motifs is 2. The molecule has 20 heavy (non-hydrogen) atoms. The Balaban J connectivity index is 1.56. The molecule has 3 atom stereocenters. The van der Waals surface area contributed by atoms with Crippen molar-refractivity contribution in [1.29, 1.82) is 0 Å². The standard InChI is InChI=1S/C15H17FN2O2/c16-13-4-2-1-3-11(13)14(19)17-18-15(20)12-8-9-5-6-10(12)7-9/h1-4,9-10,12H,5-8H2,(H,17,19)(H,18,20). The number of hydrogen-bond donors (Lipinski definition) is 2. The maximum Gasteiger partial charge on any atom is 0.272 e. The molecular formula is C15H17FN2O2. The summed E-state index contributed by atoms with van der Waals surface area (Å²) in [7, 11) is 0. The highest BCUT2D eigenvalue weighted by Crippen LogP contribution is 2.48. The van der Waals surface area contributed by atoms with Gasteiger partial charge in [0.1, 0.15) is 5.82 Å². The molecule has 5 heteroatoms. The van der Waals surface area contributed by atoms with Crippen molar-refractivity contribution in [2.75, 3.05) is 0 Å². The van der Waals surface area contributed by atoms with Crippen LogP contribution in [0.25, 0.3) is 0 Å². The van der Waals surface area contributed by atoms with Crippen molar-refractivity contribution < 1.29 is 14.0 Å². The highest BCUT2D eigenvalue weighted by Gasteiger charge is 2.43. The number of nitrogens with one attached hydrogen (secondary N) is 2. The summed E-state index contributed by atoms with van der Waals surface area (Å²) in [5.74, 6) is -0.265. The average molecular weight is 276 g/mol. The second-order valence-electron chi connectivity index (χ2n) is 5.70. The molecule has 3 rings (SSSR count). The molecule has 2 N–H and O–H groups in total. The minimum Gasteiger partial charge on any atom is -0.273 e. The average Bonchev–Trinajstić information content (AvgIpc) is 3.07. The van der Waals surface area contributed by atoms with E-state index >= 15 is 0 Å². The number of halogens is 1. The third kappa shape index (κ3) is 2.40. The minimum absolute atomic E-state index is 0.00493. The molecule has 0 aliphatic heterocycles. The van der Waals surface area contributed by atoms with Crippen LogP contribution < -0.4 is 10.9 Å². The summed E-state index contributed by atoms with van der Waals surface area (Å²) < 4.78 is 13.4. The minimum atomic E-state index is -0.625. The lowest BCUT2D eigenvalue weighted by Crippen LogP contribution is -2.45. The molecule has 0 aromatic heterocycles. The van der Waals surface area contributed by atoms with Gasteiger partial charge < -0.3 is 0 Å². The van der Waals surface area contributed by atoms with Crippen LogP contribution in [0.3, 0.4) is 0 Å². The van der Waals surface area contributed by atoms with E-state index in [0.717, 1.165) is 19.3 Å². The van der Waals surface area contributed by atoms with Gasteiger partial charge in [0.2, 0.25) is 5.91 Å². The topological polar surface area (TPSA) is 58.2 Å². The molecule has 2 aliphatic carbocycles. The van der Waals surface area contributed by atoms with Crippen molar-refractivity contribution in [2.24, 2.45) is 17.8 Å². The van der Waals surface area contributed by atoms with E-state index in [1.165, 1.54) is 24.6 Å². The van der Waals surface area contributed by atoms with Gasteiger partial charge >= 0.3 is 0 Å². The Hall–Kier alpha value is -1.91. The number of carbonyl (C=O) groups excluding carboxylic acids is 2. The highest BCUT2D eigenvalue weighted by atomic mass is 19.1. The third-order valence-corrected chi connectivity index (χ3v) is 4.49. The van der Waals surface area contributed by atoms with Gasteiger partial charge in [0.25, 0.3) is 5.91 Å². The molecule has 0 saturated heterocycles. The predicted octanol–water partition coefficient (Wildman–Crippen LogP) is 2.02. The van der Waals surface area contributed by atoms with Gasteiger partial charge in [-0.15, -0.1) is 0 Å². The number of rotatable bonds is 2. The van der Waals surface area contributed by atoms with Crippen LogP contribution in [0.2, 0.25) is 0 Å². The van der Waals surface area contributed by atoms with E-state index in [1.807, 2.05) is 0 Å². The van der Waals surface area contributed by atoms with Gasteiger partial charge in [-0.25, -0.2) is 4.39 Å². The maximum atomic E-state index is 13.4. The normalized spacial score (nSPS) is 27.4. The zero-order valence-electron chi connectivity index (χ0n) is 11.1. The first-order valence-electron chi connectivity index (χ1n) is 7.00. The molecule has 1 aromatic carbocycles. The SMILES string of the molecule is O=C(NNC(=O)C1CC2CCC1C2)c1ccccc1F. The largest absolute Gasteiger partial charge is 0.273 e. The van der Waals surface area contributed by atoms with Gasteiger partial charge in [-0.05, 0) is 43.2 Å². The molecule has 3 unspecified atom stereocenters. The lowest BCUT2D eigenvalue weighted by molar-refractivity contribution is -0.127. The van der Waals surface area contributed by atoms with E-state index in [-0.39, 0.29) is 17.4 Å². The van der Waals surface area contributed by atoms with Crippen molar-refractivity contribution in [3.05, 3.63) is 35.6 Å². The molecule has 0 spiro atoms. The van der Waals surface area contributed by atoms with Crippen LogP contribution in [0.1, 0.15) is 36.0 Å². The zero-order chi connectivity index (χ0) is 14.1. The highest BCUT2D eigenvalue weighted by molar-refractivity contribution is 5.95. The molecule has 106 valence electrons. The van der Waals surface area contributed by atoms with Crippen LogP contribution in [0, 0.1) is 23.6 Å².